The molecule has 0 atom stereocenters. The minimum absolute atomic E-state index is 0.164. The first-order valence-electron chi connectivity index (χ1n) is 10.4. The number of hydrogen-bond donors (Lipinski definition) is 0. The fourth-order valence-electron chi connectivity index (χ4n) is 4.17. The standard InChI is InChI=1S/C24H28N4O/c1-18-4-3-5-22(16-18)24(29)27-13-8-20(9-14-27)10-15-28-19(2)17-26-23(28)21-6-11-25-12-7-21/h3-7,11-12,16-17,20H,8-10,13-15H2,1-2H3. The minimum atomic E-state index is 0.164. The SMILES string of the molecule is Cc1cccc(C(=O)N2CCC(CCn3c(C)cnc3-c3ccncc3)CC2)c1. The van der Waals surface area contributed by atoms with Crippen LogP contribution in [0.15, 0.2) is 55.0 Å². The molecule has 150 valence electrons. The van der Waals surface area contributed by atoms with Crippen molar-refractivity contribution in [2.75, 3.05) is 13.1 Å². The highest BCUT2D eigenvalue weighted by atomic mass is 16.2. The fraction of sp³-hybridized carbons (Fsp3) is 0.375. The Hall–Kier alpha value is -2.95. The third-order valence-electron chi connectivity index (χ3n) is 5.92. The largest absolute Gasteiger partial charge is 0.339 e. The van der Waals surface area contributed by atoms with Gasteiger partial charge in [0.15, 0.2) is 0 Å². The van der Waals surface area contributed by atoms with Crippen molar-refractivity contribution in [2.45, 2.75) is 39.7 Å². The van der Waals surface area contributed by atoms with Crippen molar-refractivity contribution in [3.8, 4) is 11.4 Å². The number of nitrogens with zero attached hydrogens (tertiary/aromatic N) is 4. The van der Waals surface area contributed by atoms with E-state index in [0.29, 0.717) is 5.92 Å². The fourth-order valence-corrected chi connectivity index (χ4v) is 4.17. The number of aryl methyl sites for hydroxylation is 2. The maximum absolute atomic E-state index is 12.8. The average molecular weight is 389 g/mol. The van der Waals surface area contributed by atoms with Crippen molar-refractivity contribution in [3.05, 3.63) is 71.8 Å². The van der Waals surface area contributed by atoms with Crippen molar-refractivity contribution in [3.63, 3.8) is 0 Å². The Balaban J connectivity index is 1.34. The molecule has 0 unspecified atom stereocenters. The summed E-state index contributed by atoms with van der Waals surface area (Å²) >= 11 is 0. The summed E-state index contributed by atoms with van der Waals surface area (Å²) in [4.78, 5) is 23.5. The Kier molecular flexibility index (Phi) is 5.74. The molecular weight excluding hydrogens is 360 g/mol. The predicted molar refractivity (Wildman–Crippen MR) is 115 cm³/mol. The molecule has 0 radical (unpaired) electrons. The number of pyridine rings is 1. The van der Waals surface area contributed by atoms with Crippen LogP contribution in [0.3, 0.4) is 0 Å². The lowest BCUT2D eigenvalue weighted by Gasteiger charge is -2.32. The lowest BCUT2D eigenvalue weighted by molar-refractivity contribution is 0.0685. The summed E-state index contributed by atoms with van der Waals surface area (Å²) in [6.07, 6.45) is 8.81. The number of imidazole rings is 1. The zero-order valence-electron chi connectivity index (χ0n) is 17.2. The van der Waals surface area contributed by atoms with Gasteiger partial charge in [0.1, 0.15) is 5.82 Å². The van der Waals surface area contributed by atoms with E-state index in [1.807, 2.05) is 66.8 Å². The van der Waals surface area contributed by atoms with Gasteiger partial charge in [-0.25, -0.2) is 4.98 Å². The molecule has 5 nitrogen and oxygen atoms in total. The molecule has 29 heavy (non-hydrogen) atoms. The second kappa shape index (κ2) is 8.60. The van der Waals surface area contributed by atoms with Crippen molar-refractivity contribution >= 4 is 5.91 Å². The number of benzene rings is 1. The van der Waals surface area contributed by atoms with Gasteiger partial charge in [-0.15, -0.1) is 0 Å². The molecule has 1 amide bonds. The van der Waals surface area contributed by atoms with Gasteiger partial charge in [-0.1, -0.05) is 17.7 Å². The first-order valence-corrected chi connectivity index (χ1v) is 10.4. The van der Waals surface area contributed by atoms with E-state index in [4.69, 9.17) is 0 Å². The molecular formula is C24H28N4O. The number of likely N-dealkylation sites (tertiary alicyclic amines) is 1. The van der Waals surface area contributed by atoms with Crippen LogP contribution < -0.4 is 0 Å². The molecule has 0 spiro atoms. The van der Waals surface area contributed by atoms with Crippen molar-refractivity contribution in [1.82, 2.24) is 19.4 Å². The van der Waals surface area contributed by atoms with Crippen molar-refractivity contribution in [1.29, 1.82) is 0 Å². The molecule has 0 bridgehead atoms. The lowest BCUT2D eigenvalue weighted by atomic mass is 9.93. The number of hydrogen-bond acceptors (Lipinski definition) is 3. The van der Waals surface area contributed by atoms with E-state index in [1.54, 1.807) is 0 Å². The van der Waals surface area contributed by atoms with Crippen LogP contribution in [-0.4, -0.2) is 38.4 Å². The van der Waals surface area contributed by atoms with Gasteiger partial charge in [-0.2, -0.15) is 0 Å². The van der Waals surface area contributed by atoms with E-state index in [-0.39, 0.29) is 5.91 Å². The molecule has 4 rings (SSSR count). The van der Waals surface area contributed by atoms with Gasteiger partial charge in [-0.3, -0.25) is 9.78 Å². The average Bonchev–Trinajstić information content (AvgIpc) is 3.13. The normalized spacial score (nSPS) is 14.9. The third-order valence-corrected chi connectivity index (χ3v) is 5.92. The van der Waals surface area contributed by atoms with Gasteiger partial charge in [0.2, 0.25) is 0 Å². The van der Waals surface area contributed by atoms with Crippen LogP contribution in [0.4, 0.5) is 0 Å². The lowest BCUT2D eigenvalue weighted by Crippen LogP contribution is -2.38. The highest BCUT2D eigenvalue weighted by Crippen LogP contribution is 2.25. The highest BCUT2D eigenvalue weighted by molar-refractivity contribution is 5.94. The zero-order chi connectivity index (χ0) is 20.2. The van der Waals surface area contributed by atoms with Gasteiger partial charge in [0.05, 0.1) is 0 Å². The van der Waals surface area contributed by atoms with Crippen LogP contribution in [0, 0.1) is 19.8 Å². The van der Waals surface area contributed by atoms with Gasteiger partial charge < -0.3 is 9.47 Å². The van der Waals surface area contributed by atoms with Gasteiger partial charge in [-0.05, 0) is 63.3 Å². The van der Waals surface area contributed by atoms with Gasteiger partial charge >= 0.3 is 0 Å². The van der Waals surface area contributed by atoms with E-state index in [0.717, 1.165) is 61.4 Å². The number of carbonyl (C=O) groups excluding carboxylic acids is 1. The predicted octanol–water partition coefficient (Wildman–Crippen LogP) is 4.50. The molecule has 1 aliphatic heterocycles. The van der Waals surface area contributed by atoms with E-state index in [9.17, 15) is 4.79 Å². The van der Waals surface area contributed by atoms with Crippen LogP contribution in [0.5, 0.6) is 0 Å². The third kappa shape index (κ3) is 4.39. The molecule has 0 aliphatic carbocycles. The molecule has 1 fully saturated rings. The van der Waals surface area contributed by atoms with Crippen LogP contribution in [0.2, 0.25) is 0 Å². The highest BCUT2D eigenvalue weighted by Gasteiger charge is 2.24. The topological polar surface area (TPSA) is 51.0 Å². The summed E-state index contributed by atoms with van der Waals surface area (Å²) < 4.78 is 2.31. The molecule has 1 saturated heterocycles. The van der Waals surface area contributed by atoms with E-state index in [2.05, 4.69) is 21.5 Å². The first-order chi connectivity index (χ1) is 14.1. The zero-order valence-corrected chi connectivity index (χ0v) is 17.2. The van der Waals surface area contributed by atoms with Crippen molar-refractivity contribution in [2.24, 2.45) is 5.92 Å². The Morgan fingerprint density at radius 1 is 1.10 bits per heavy atom. The van der Waals surface area contributed by atoms with Crippen LogP contribution >= 0.6 is 0 Å². The summed E-state index contributed by atoms with van der Waals surface area (Å²) in [6, 6.07) is 11.9. The van der Waals surface area contributed by atoms with Crippen LogP contribution in [0.1, 0.15) is 40.9 Å². The van der Waals surface area contributed by atoms with Gasteiger partial charge in [0.25, 0.3) is 5.91 Å². The number of rotatable bonds is 5. The number of piperidine rings is 1. The first kappa shape index (κ1) is 19.4. The Labute approximate surface area is 172 Å². The molecule has 1 aliphatic rings. The number of aromatic nitrogens is 3. The van der Waals surface area contributed by atoms with E-state index < -0.39 is 0 Å². The quantitative estimate of drug-likeness (QED) is 0.646. The second-order valence-electron chi connectivity index (χ2n) is 8.00. The Bertz CT molecular complexity index is 972. The minimum Gasteiger partial charge on any atom is -0.339 e. The van der Waals surface area contributed by atoms with E-state index in [1.165, 1.54) is 5.69 Å². The molecule has 0 saturated carbocycles. The molecule has 3 heterocycles. The summed E-state index contributed by atoms with van der Waals surface area (Å²) in [6.45, 7) is 6.79. The Morgan fingerprint density at radius 3 is 2.59 bits per heavy atom. The van der Waals surface area contributed by atoms with Crippen molar-refractivity contribution < 1.29 is 4.79 Å². The molecule has 2 aromatic heterocycles. The summed E-state index contributed by atoms with van der Waals surface area (Å²) in [5, 5.41) is 0. The maximum atomic E-state index is 12.8. The maximum Gasteiger partial charge on any atom is 0.253 e. The van der Waals surface area contributed by atoms with Crippen LogP contribution in [0.25, 0.3) is 11.4 Å². The Morgan fingerprint density at radius 2 is 1.86 bits per heavy atom. The van der Waals surface area contributed by atoms with Gasteiger partial charge in [0, 0.05) is 55.0 Å². The molecule has 1 aromatic carbocycles. The smallest absolute Gasteiger partial charge is 0.253 e. The molecule has 5 heteroatoms. The number of amides is 1. The van der Waals surface area contributed by atoms with E-state index >= 15 is 0 Å². The summed E-state index contributed by atoms with van der Waals surface area (Å²) in [7, 11) is 0. The second-order valence-corrected chi connectivity index (χ2v) is 8.00. The summed E-state index contributed by atoms with van der Waals surface area (Å²) in [5.74, 6) is 1.82. The number of carbonyl (C=O) groups is 1. The summed E-state index contributed by atoms with van der Waals surface area (Å²) in [5.41, 5.74) is 4.22. The molecule has 3 aromatic rings. The van der Waals surface area contributed by atoms with Crippen LogP contribution in [-0.2, 0) is 6.54 Å². The monoisotopic (exact) mass is 388 g/mol. The molecule has 0 N–H and O–H groups in total.